The number of hydrogen-bond acceptors (Lipinski definition) is 4. The highest BCUT2D eigenvalue weighted by molar-refractivity contribution is 6.03. The van der Waals surface area contributed by atoms with E-state index in [-0.39, 0.29) is 5.91 Å². The van der Waals surface area contributed by atoms with E-state index in [9.17, 15) is 4.79 Å². The largest absolute Gasteiger partial charge is 0.455 e. The van der Waals surface area contributed by atoms with Gasteiger partial charge in [0.25, 0.3) is 5.91 Å². The fraction of sp³-hybridized carbons (Fsp3) is 0.250. The second-order valence-corrected chi connectivity index (χ2v) is 7.44. The molecule has 1 saturated heterocycles. The molecule has 1 N–H and O–H groups in total. The topological polar surface area (TPSA) is 54.5 Å². The van der Waals surface area contributed by atoms with Crippen molar-refractivity contribution in [2.75, 3.05) is 23.3 Å². The van der Waals surface area contributed by atoms with Crippen molar-refractivity contribution in [1.82, 2.24) is 4.98 Å². The molecule has 1 amide bonds. The second kappa shape index (κ2) is 8.78. The van der Waals surface area contributed by atoms with Crippen LogP contribution in [0.4, 0.5) is 11.4 Å². The molecule has 4 rings (SSSR count). The van der Waals surface area contributed by atoms with Gasteiger partial charge in [0, 0.05) is 13.1 Å². The molecule has 1 aliphatic heterocycles. The van der Waals surface area contributed by atoms with E-state index in [0.29, 0.717) is 22.9 Å². The van der Waals surface area contributed by atoms with Gasteiger partial charge in [-0.05, 0) is 55.2 Å². The fourth-order valence-corrected chi connectivity index (χ4v) is 3.43. The Labute approximate surface area is 171 Å². The Bertz CT molecular complexity index is 949. The zero-order valence-corrected chi connectivity index (χ0v) is 16.5. The molecule has 0 radical (unpaired) electrons. The first-order valence-corrected chi connectivity index (χ1v) is 10.0. The van der Waals surface area contributed by atoms with Crippen molar-refractivity contribution in [1.29, 1.82) is 0 Å². The van der Waals surface area contributed by atoms with E-state index in [0.717, 1.165) is 24.7 Å². The quantitative estimate of drug-likeness (QED) is 0.640. The number of piperidine rings is 1. The number of carbonyl (C=O) groups excluding carboxylic acids is 1. The van der Waals surface area contributed by atoms with Crippen LogP contribution in [0.2, 0.25) is 0 Å². The monoisotopic (exact) mass is 387 g/mol. The van der Waals surface area contributed by atoms with Crippen molar-refractivity contribution in [3.8, 4) is 11.5 Å². The number of nitrogens with zero attached hydrogens (tertiary/aromatic N) is 2. The van der Waals surface area contributed by atoms with Crippen LogP contribution in [0.1, 0.15) is 30.3 Å². The van der Waals surface area contributed by atoms with Crippen LogP contribution in [-0.2, 0) is 0 Å². The van der Waals surface area contributed by atoms with Gasteiger partial charge >= 0.3 is 0 Å². The van der Waals surface area contributed by atoms with Crippen LogP contribution in [0.3, 0.4) is 0 Å². The number of benzene rings is 2. The van der Waals surface area contributed by atoms with Crippen molar-refractivity contribution < 1.29 is 9.53 Å². The van der Waals surface area contributed by atoms with E-state index in [1.54, 1.807) is 12.3 Å². The number of rotatable bonds is 5. The number of ether oxygens (including phenoxy) is 1. The third-order valence-electron chi connectivity index (χ3n) is 5.24. The lowest BCUT2D eigenvalue weighted by molar-refractivity contribution is 0.102. The molecule has 1 fully saturated rings. The fourth-order valence-electron chi connectivity index (χ4n) is 3.43. The summed E-state index contributed by atoms with van der Waals surface area (Å²) in [6, 6.07) is 20.6. The zero-order chi connectivity index (χ0) is 20.1. The first-order chi connectivity index (χ1) is 14.2. The van der Waals surface area contributed by atoms with Crippen LogP contribution in [-0.4, -0.2) is 24.0 Å². The number of hydrogen-bond donors (Lipinski definition) is 1. The number of amides is 1. The number of nitrogens with one attached hydrogen (secondary N) is 1. The summed E-state index contributed by atoms with van der Waals surface area (Å²) in [6.07, 6.45) is 4.18. The highest BCUT2D eigenvalue weighted by atomic mass is 16.5. The van der Waals surface area contributed by atoms with E-state index in [2.05, 4.69) is 22.1 Å². The van der Waals surface area contributed by atoms with Gasteiger partial charge in [0.05, 0.1) is 17.6 Å². The molecule has 29 heavy (non-hydrogen) atoms. The molecule has 0 bridgehead atoms. The number of anilines is 2. The van der Waals surface area contributed by atoms with E-state index in [4.69, 9.17) is 4.74 Å². The van der Waals surface area contributed by atoms with Crippen LogP contribution >= 0.6 is 0 Å². The molecular weight excluding hydrogens is 362 g/mol. The summed E-state index contributed by atoms with van der Waals surface area (Å²) in [6.45, 7) is 4.37. The first kappa shape index (κ1) is 19.0. The minimum absolute atomic E-state index is 0.257. The maximum Gasteiger partial charge on any atom is 0.274 e. The Morgan fingerprint density at radius 1 is 1.00 bits per heavy atom. The minimum atomic E-state index is -0.257. The Morgan fingerprint density at radius 2 is 1.72 bits per heavy atom. The molecule has 1 aromatic heterocycles. The number of aromatic nitrogens is 1. The van der Waals surface area contributed by atoms with Gasteiger partial charge in [0.15, 0.2) is 5.75 Å². The summed E-state index contributed by atoms with van der Waals surface area (Å²) in [7, 11) is 0. The van der Waals surface area contributed by atoms with Crippen molar-refractivity contribution >= 4 is 17.3 Å². The highest BCUT2D eigenvalue weighted by Crippen LogP contribution is 2.29. The predicted octanol–water partition coefficient (Wildman–Crippen LogP) is 5.36. The minimum Gasteiger partial charge on any atom is -0.455 e. The Kier molecular flexibility index (Phi) is 5.75. The van der Waals surface area contributed by atoms with Crippen LogP contribution in [0.15, 0.2) is 72.9 Å². The smallest absolute Gasteiger partial charge is 0.274 e. The van der Waals surface area contributed by atoms with Gasteiger partial charge in [-0.2, -0.15) is 0 Å². The third kappa shape index (κ3) is 4.74. The Hall–Kier alpha value is -3.34. The molecule has 0 saturated carbocycles. The Balaban J connectivity index is 1.44. The average Bonchev–Trinajstić information content (AvgIpc) is 2.76. The summed E-state index contributed by atoms with van der Waals surface area (Å²) in [5.74, 6) is 1.83. The van der Waals surface area contributed by atoms with Crippen LogP contribution in [0, 0.1) is 5.92 Å². The van der Waals surface area contributed by atoms with Gasteiger partial charge in [-0.3, -0.25) is 4.79 Å². The van der Waals surface area contributed by atoms with Gasteiger partial charge in [0.2, 0.25) is 0 Å². The number of para-hydroxylation sites is 3. The first-order valence-electron chi connectivity index (χ1n) is 10.0. The van der Waals surface area contributed by atoms with E-state index in [1.807, 2.05) is 60.7 Å². The summed E-state index contributed by atoms with van der Waals surface area (Å²) in [5, 5.41) is 2.91. The molecule has 2 heterocycles. The Morgan fingerprint density at radius 3 is 2.45 bits per heavy atom. The lowest BCUT2D eigenvalue weighted by Crippen LogP contribution is -2.32. The number of carbonyl (C=O) groups is 1. The average molecular weight is 387 g/mol. The zero-order valence-electron chi connectivity index (χ0n) is 16.5. The van der Waals surface area contributed by atoms with Crippen LogP contribution in [0.5, 0.6) is 11.5 Å². The maximum atomic E-state index is 12.7. The van der Waals surface area contributed by atoms with Crippen molar-refractivity contribution in [2.45, 2.75) is 19.8 Å². The number of pyridine rings is 1. The van der Waals surface area contributed by atoms with Crippen molar-refractivity contribution in [3.05, 3.63) is 78.6 Å². The summed E-state index contributed by atoms with van der Waals surface area (Å²) in [5.41, 5.74) is 2.06. The van der Waals surface area contributed by atoms with Crippen molar-refractivity contribution in [3.63, 3.8) is 0 Å². The molecule has 1 aliphatic rings. The molecule has 3 aromatic rings. The molecule has 5 heteroatoms. The summed E-state index contributed by atoms with van der Waals surface area (Å²) in [4.78, 5) is 19.4. The normalized spacial score (nSPS) is 14.4. The molecule has 5 nitrogen and oxygen atoms in total. The molecule has 0 unspecified atom stereocenters. The lowest BCUT2D eigenvalue weighted by Gasteiger charge is -2.31. The van der Waals surface area contributed by atoms with Crippen LogP contribution in [0.25, 0.3) is 0 Å². The molecule has 0 atom stereocenters. The van der Waals surface area contributed by atoms with Crippen molar-refractivity contribution in [2.24, 2.45) is 5.92 Å². The summed E-state index contributed by atoms with van der Waals surface area (Å²) >= 11 is 0. The second-order valence-electron chi connectivity index (χ2n) is 7.44. The SMILES string of the molecule is CC1CCN(c2ccc(C(=O)Nc3ccccc3Oc3ccccc3)nc2)CC1. The van der Waals surface area contributed by atoms with Gasteiger partial charge in [-0.25, -0.2) is 4.98 Å². The van der Waals surface area contributed by atoms with Gasteiger partial charge in [0.1, 0.15) is 11.4 Å². The standard InChI is InChI=1S/C24H25N3O2/c1-18-13-15-27(16-14-18)19-11-12-22(25-17-19)24(28)26-21-9-5-6-10-23(21)29-20-7-3-2-4-8-20/h2-12,17-18H,13-16H2,1H3,(H,26,28). The molecule has 0 aliphatic carbocycles. The lowest BCUT2D eigenvalue weighted by atomic mass is 9.99. The maximum absolute atomic E-state index is 12.7. The van der Waals surface area contributed by atoms with E-state index < -0.39 is 0 Å². The van der Waals surface area contributed by atoms with E-state index >= 15 is 0 Å². The molecule has 0 spiro atoms. The summed E-state index contributed by atoms with van der Waals surface area (Å²) < 4.78 is 5.91. The third-order valence-corrected chi connectivity index (χ3v) is 5.24. The molecular formula is C24H25N3O2. The van der Waals surface area contributed by atoms with Gasteiger partial charge in [-0.1, -0.05) is 37.3 Å². The van der Waals surface area contributed by atoms with Gasteiger partial charge < -0.3 is 15.0 Å². The van der Waals surface area contributed by atoms with Crippen LogP contribution < -0.4 is 15.0 Å². The molecule has 148 valence electrons. The van der Waals surface area contributed by atoms with Gasteiger partial charge in [-0.15, -0.1) is 0 Å². The van der Waals surface area contributed by atoms with E-state index in [1.165, 1.54) is 12.8 Å². The predicted molar refractivity (Wildman–Crippen MR) is 116 cm³/mol. The molecule has 2 aromatic carbocycles. The highest BCUT2D eigenvalue weighted by Gasteiger charge is 2.17.